The van der Waals surface area contributed by atoms with Crippen LogP contribution in [-0.4, -0.2) is 0 Å². The monoisotopic (exact) mass is 889 g/mol. The fourth-order valence-electron chi connectivity index (χ4n) is 11.2. The summed E-state index contributed by atoms with van der Waals surface area (Å²) in [4.78, 5) is 2.43. The molecule has 0 aliphatic heterocycles. The highest BCUT2D eigenvalue weighted by Gasteiger charge is 2.23. The summed E-state index contributed by atoms with van der Waals surface area (Å²) in [5.74, 6) is 0. The van der Waals surface area contributed by atoms with Gasteiger partial charge in [-0.25, -0.2) is 0 Å². The second-order valence-electron chi connectivity index (χ2n) is 18.3. The van der Waals surface area contributed by atoms with Crippen molar-refractivity contribution < 1.29 is 4.42 Å². The average molecular weight is 890 g/mol. The van der Waals surface area contributed by atoms with Crippen molar-refractivity contribution >= 4 is 92.9 Å². The highest BCUT2D eigenvalue weighted by molar-refractivity contribution is 6.23. The van der Waals surface area contributed by atoms with Crippen molar-refractivity contribution in [2.75, 3.05) is 4.90 Å². The fourth-order valence-corrected chi connectivity index (χ4v) is 11.2. The maximum absolute atomic E-state index is 6.73. The zero-order chi connectivity index (χ0) is 46.1. The molecular weight excluding hydrogens is 847 g/mol. The summed E-state index contributed by atoms with van der Waals surface area (Å²) >= 11 is 0. The molecule has 2 heteroatoms. The van der Waals surface area contributed by atoms with Gasteiger partial charge in [0.1, 0.15) is 11.2 Å². The number of benzene rings is 13. The van der Waals surface area contributed by atoms with Crippen molar-refractivity contribution in [3.63, 3.8) is 0 Å². The van der Waals surface area contributed by atoms with E-state index in [1.54, 1.807) is 0 Å². The second-order valence-corrected chi connectivity index (χ2v) is 18.3. The minimum Gasteiger partial charge on any atom is -0.455 e. The van der Waals surface area contributed by atoms with Gasteiger partial charge in [-0.1, -0.05) is 212 Å². The van der Waals surface area contributed by atoms with Gasteiger partial charge in [-0.3, -0.25) is 0 Å². The van der Waals surface area contributed by atoms with Crippen LogP contribution in [0.15, 0.2) is 265 Å². The molecule has 0 aliphatic rings. The Hall–Kier alpha value is -9.24. The van der Waals surface area contributed by atoms with Gasteiger partial charge < -0.3 is 9.32 Å². The number of furan rings is 1. The van der Waals surface area contributed by atoms with Gasteiger partial charge in [0.25, 0.3) is 0 Å². The molecule has 1 aromatic heterocycles. The summed E-state index contributed by atoms with van der Waals surface area (Å²) in [6, 6.07) is 95.1. The van der Waals surface area contributed by atoms with Crippen LogP contribution in [0.1, 0.15) is 0 Å². The molecule has 0 aliphatic carbocycles. The highest BCUT2D eigenvalue weighted by Crippen LogP contribution is 2.48. The normalized spacial score (nSPS) is 11.7. The summed E-state index contributed by atoms with van der Waals surface area (Å²) in [5.41, 5.74) is 14.5. The van der Waals surface area contributed by atoms with Gasteiger partial charge in [-0.15, -0.1) is 0 Å². The van der Waals surface area contributed by atoms with Gasteiger partial charge in [-0.2, -0.15) is 0 Å². The molecular formula is C68H43NO. The predicted molar refractivity (Wildman–Crippen MR) is 298 cm³/mol. The van der Waals surface area contributed by atoms with Gasteiger partial charge in [0.2, 0.25) is 0 Å². The molecule has 0 saturated carbocycles. The van der Waals surface area contributed by atoms with Crippen LogP contribution in [0.25, 0.3) is 120 Å². The Balaban J connectivity index is 0.959. The number of hydrogen-bond acceptors (Lipinski definition) is 2. The zero-order valence-corrected chi connectivity index (χ0v) is 38.2. The van der Waals surface area contributed by atoms with Gasteiger partial charge in [0, 0.05) is 33.1 Å². The quantitative estimate of drug-likeness (QED) is 0.148. The Morgan fingerprint density at radius 1 is 0.271 bits per heavy atom. The van der Waals surface area contributed by atoms with Gasteiger partial charge >= 0.3 is 0 Å². The van der Waals surface area contributed by atoms with E-state index in [4.69, 9.17) is 4.42 Å². The van der Waals surface area contributed by atoms with Crippen molar-refractivity contribution in [3.8, 4) is 44.5 Å². The molecule has 0 unspecified atom stereocenters. The number of anilines is 3. The summed E-state index contributed by atoms with van der Waals surface area (Å²) in [6.45, 7) is 0. The molecule has 14 rings (SSSR count). The Kier molecular flexibility index (Phi) is 9.25. The van der Waals surface area contributed by atoms with Gasteiger partial charge in [0.15, 0.2) is 0 Å². The molecule has 0 saturated heterocycles. The molecule has 14 aromatic rings. The van der Waals surface area contributed by atoms with E-state index in [1.165, 1.54) is 76.3 Å². The lowest BCUT2D eigenvalue weighted by atomic mass is 9.84. The third kappa shape index (κ3) is 6.42. The van der Waals surface area contributed by atoms with Crippen LogP contribution in [0, 0.1) is 0 Å². The lowest BCUT2D eigenvalue weighted by Crippen LogP contribution is -2.11. The molecule has 0 fully saturated rings. The maximum atomic E-state index is 6.73. The van der Waals surface area contributed by atoms with Crippen LogP contribution in [0.4, 0.5) is 17.1 Å². The highest BCUT2D eigenvalue weighted by atomic mass is 16.3. The number of rotatable bonds is 7. The molecule has 0 N–H and O–H groups in total. The van der Waals surface area contributed by atoms with Crippen LogP contribution in [0.5, 0.6) is 0 Å². The topological polar surface area (TPSA) is 16.4 Å². The lowest BCUT2D eigenvalue weighted by molar-refractivity contribution is 0.673. The predicted octanol–water partition coefficient (Wildman–Crippen LogP) is 19.5. The number of hydrogen-bond donors (Lipinski definition) is 0. The molecule has 0 bridgehead atoms. The average Bonchev–Trinajstić information content (AvgIpc) is 3.83. The van der Waals surface area contributed by atoms with Crippen LogP contribution < -0.4 is 4.90 Å². The molecule has 0 radical (unpaired) electrons. The number of nitrogens with zero attached hydrogens (tertiary/aromatic N) is 1. The summed E-state index contributed by atoms with van der Waals surface area (Å²) in [7, 11) is 0. The SMILES string of the molecule is c1ccc(-c2c(-c3ccccc3)c3cc(-c4ccc(N(c5ccc6c(ccc7ccccc76)c5)c5ccccc5-c5cccc6oc7c8ccccc8ccc7c56)cc4)ccc3c3ccccc23)cc1. The first kappa shape index (κ1) is 39.9. The third-order valence-corrected chi connectivity index (χ3v) is 14.4. The van der Waals surface area contributed by atoms with E-state index in [1.807, 2.05) is 0 Å². The van der Waals surface area contributed by atoms with Crippen molar-refractivity contribution in [3.05, 3.63) is 261 Å². The minimum atomic E-state index is 0.877. The Morgan fingerprint density at radius 2 is 0.800 bits per heavy atom. The van der Waals surface area contributed by atoms with Crippen LogP contribution in [0.3, 0.4) is 0 Å². The molecule has 2 nitrogen and oxygen atoms in total. The Morgan fingerprint density at radius 3 is 1.59 bits per heavy atom. The summed E-state index contributed by atoms with van der Waals surface area (Å²) < 4.78 is 6.73. The standard InChI is InChI=1S/C68H43NO/c1-3-18-47(19-4-1)65-59-26-12-11-24-56(59)57-39-35-49(43-62(57)66(65)48-20-5-2-6-21-48)44-32-36-51(37-33-44)69(52-38-41-54-50(42-52)31-30-45-16-7-9-22-53(45)54)63-28-14-13-25-58(63)60-27-15-29-64-67(60)61-40-34-46-17-8-10-23-55(46)68(61)70-64/h1-43H. The smallest absolute Gasteiger partial charge is 0.143 e. The van der Waals surface area contributed by atoms with Gasteiger partial charge in [-0.05, 0) is 136 Å². The first-order chi connectivity index (χ1) is 34.7. The molecule has 70 heavy (non-hydrogen) atoms. The van der Waals surface area contributed by atoms with Crippen molar-refractivity contribution in [1.82, 2.24) is 0 Å². The second kappa shape index (κ2) is 16.2. The Bertz CT molecular complexity index is 4340. The van der Waals surface area contributed by atoms with E-state index in [0.717, 1.165) is 61.1 Å². The van der Waals surface area contributed by atoms with Gasteiger partial charge in [0.05, 0.1) is 5.69 Å². The Labute approximate surface area is 405 Å². The third-order valence-electron chi connectivity index (χ3n) is 14.4. The molecule has 13 aromatic carbocycles. The van der Waals surface area contributed by atoms with Crippen LogP contribution >= 0.6 is 0 Å². The number of fused-ring (bicyclic) bond motifs is 11. The molecule has 1 heterocycles. The van der Waals surface area contributed by atoms with E-state index >= 15 is 0 Å². The maximum Gasteiger partial charge on any atom is 0.143 e. The minimum absolute atomic E-state index is 0.877. The summed E-state index contributed by atoms with van der Waals surface area (Å²) in [6.07, 6.45) is 0. The largest absolute Gasteiger partial charge is 0.455 e. The molecule has 0 atom stereocenters. The van der Waals surface area contributed by atoms with E-state index in [0.29, 0.717) is 0 Å². The van der Waals surface area contributed by atoms with E-state index in [-0.39, 0.29) is 0 Å². The van der Waals surface area contributed by atoms with E-state index in [2.05, 4.69) is 266 Å². The van der Waals surface area contributed by atoms with Crippen LogP contribution in [-0.2, 0) is 0 Å². The van der Waals surface area contributed by atoms with Crippen molar-refractivity contribution in [1.29, 1.82) is 0 Å². The first-order valence-electron chi connectivity index (χ1n) is 24.1. The van der Waals surface area contributed by atoms with Crippen molar-refractivity contribution in [2.24, 2.45) is 0 Å². The zero-order valence-electron chi connectivity index (χ0n) is 38.2. The number of para-hydroxylation sites is 1. The lowest BCUT2D eigenvalue weighted by Gasteiger charge is -2.28. The fraction of sp³-hybridized carbons (Fsp3) is 0. The van der Waals surface area contributed by atoms with E-state index in [9.17, 15) is 0 Å². The first-order valence-corrected chi connectivity index (χ1v) is 24.1. The van der Waals surface area contributed by atoms with Crippen molar-refractivity contribution in [2.45, 2.75) is 0 Å². The van der Waals surface area contributed by atoms with Crippen LogP contribution in [0.2, 0.25) is 0 Å². The summed E-state index contributed by atoms with van der Waals surface area (Å²) in [5, 5.41) is 14.4. The molecule has 0 spiro atoms. The molecule has 326 valence electrons. The van der Waals surface area contributed by atoms with E-state index < -0.39 is 0 Å². The molecule has 0 amide bonds.